The van der Waals surface area contributed by atoms with E-state index in [0.29, 0.717) is 12.8 Å². The van der Waals surface area contributed by atoms with Crippen molar-refractivity contribution in [3.63, 3.8) is 0 Å². The molecule has 8 heteroatoms. The molecular weight excluding hydrogens is 440 g/mol. The van der Waals surface area contributed by atoms with Crippen LogP contribution < -0.4 is 0 Å². The second-order valence-electron chi connectivity index (χ2n) is 10.4. The number of rotatable bonds is 19. The predicted molar refractivity (Wildman–Crippen MR) is 131 cm³/mol. The van der Waals surface area contributed by atoms with Gasteiger partial charge in [-0.05, 0) is 80.1 Å². The second-order valence-corrected chi connectivity index (χ2v) is 10.4. The van der Waals surface area contributed by atoms with Crippen LogP contribution in [0.4, 0.5) is 9.59 Å². The van der Waals surface area contributed by atoms with Crippen molar-refractivity contribution >= 4 is 12.3 Å². The van der Waals surface area contributed by atoms with E-state index in [9.17, 15) is 9.59 Å². The summed E-state index contributed by atoms with van der Waals surface area (Å²) in [6, 6.07) is 0. The third kappa shape index (κ3) is 18.8. The zero-order valence-corrected chi connectivity index (χ0v) is 22.9. The van der Waals surface area contributed by atoms with Gasteiger partial charge >= 0.3 is 12.3 Å². The molecule has 0 fully saturated rings. The van der Waals surface area contributed by atoms with Gasteiger partial charge in [0.05, 0.1) is 0 Å². The maximum Gasteiger partial charge on any atom is 0.540 e. The molecule has 34 heavy (non-hydrogen) atoms. The van der Waals surface area contributed by atoms with Gasteiger partial charge in [-0.25, -0.2) is 9.59 Å². The molecule has 0 amide bonds. The summed E-state index contributed by atoms with van der Waals surface area (Å²) in [4.78, 5) is 44.1. The Balaban J connectivity index is 4.18. The second kappa shape index (κ2) is 17.8. The molecule has 0 aromatic carbocycles. The lowest BCUT2D eigenvalue weighted by atomic mass is 9.94. The molecule has 0 radical (unpaired) electrons. The summed E-state index contributed by atoms with van der Waals surface area (Å²) >= 11 is 0. The normalized spacial score (nSPS) is 13.8. The van der Waals surface area contributed by atoms with Gasteiger partial charge < -0.3 is 9.47 Å². The summed E-state index contributed by atoms with van der Waals surface area (Å²) < 4.78 is 10.4. The molecule has 0 bridgehead atoms. The molecule has 202 valence electrons. The van der Waals surface area contributed by atoms with Crippen molar-refractivity contribution in [2.75, 3.05) is 0 Å². The number of ether oxygens (including phenoxy) is 2. The minimum absolute atomic E-state index is 0.223. The summed E-state index contributed by atoms with van der Waals surface area (Å²) in [6.07, 6.45) is 9.37. The van der Waals surface area contributed by atoms with Crippen molar-refractivity contribution in [2.24, 2.45) is 0 Å². The van der Waals surface area contributed by atoms with Gasteiger partial charge in [0, 0.05) is 0 Å². The van der Waals surface area contributed by atoms with Crippen molar-refractivity contribution in [1.82, 2.24) is 0 Å². The van der Waals surface area contributed by atoms with Crippen LogP contribution in [0.15, 0.2) is 0 Å². The number of hydrogen-bond donors (Lipinski definition) is 0. The van der Waals surface area contributed by atoms with E-state index in [2.05, 4.69) is 13.8 Å². The van der Waals surface area contributed by atoms with Crippen LogP contribution in [0.25, 0.3) is 0 Å². The van der Waals surface area contributed by atoms with Crippen molar-refractivity contribution in [2.45, 2.75) is 156 Å². The van der Waals surface area contributed by atoms with Gasteiger partial charge in [0.15, 0.2) is 0 Å². The fraction of sp³-hybridized carbons (Fsp3) is 0.923. The van der Waals surface area contributed by atoms with Crippen LogP contribution in [-0.2, 0) is 29.0 Å². The van der Waals surface area contributed by atoms with Crippen LogP contribution in [0.3, 0.4) is 0 Å². The first kappa shape index (κ1) is 32.5. The first-order valence-electron chi connectivity index (χ1n) is 13.0. The van der Waals surface area contributed by atoms with Crippen LogP contribution in [0, 0.1) is 0 Å². The third-order valence-corrected chi connectivity index (χ3v) is 5.52. The Morgan fingerprint density at radius 3 is 1.29 bits per heavy atom. The van der Waals surface area contributed by atoms with Crippen molar-refractivity contribution < 1.29 is 38.6 Å². The average molecular weight is 491 g/mol. The lowest BCUT2D eigenvalue weighted by molar-refractivity contribution is -0.336. The standard InChI is InChI=1S/C26H50O8/c1-9-11-13-15-17-21(3)29-23(27)31-33-25(5,6)19-20-26(7,8)34-32-24(28)30-22(4)18-16-14-12-10-2/h21-22H,9-20H2,1-8H3. The minimum Gasteiger partial charge on any atom is -0.429 e. The van der Waals surface area contributed by atoms with E-state index in [1.807, 2.05) is 13.8 Å². The van der Waals surface area contributed by atoms with Gasteiger partial charge in [0.1, 0.15) is 23.4 Å². The number of hydrogen-bond acceptors (Lipinski definition) is 8. The molecular formula is C26H50O8. The first-order chi connectivity index (χ1) is 15.9. The SMILES string of the molecule is CCCCCCC(C)OC(=O)OOC(C)(C)CCC(C)(C)OOC(=O)OC(C)CCCCCC. The highest BCUT2D eigenvalue weighted by molar-refractivity contribution is 5.59. The van der Waals surface area contributed by atoms with Crippen molar-refractivity contribution in [1.29, 1.82) is 0 Å². The van der Waals surface area contributed by atoms with E-state index < -0.39 is 23.5 Å². The maximum absolute atomic E-state index is 11.9. The quantitative estimate of drug-likeness (QED) is 0.0774. The molecule has 0 aliphatic heterocycles. The smallest absolute Gasteiger partial charge is 0.429 e. The molecule has 0 aromatic rings. The van der Waals surface area contributed by atoms with Crippen LogP contribution in [0.2, 0.25) is 0 Å². The summed E-state index contributed by atoms with van der Waals surface area (Å²) in [6.45, 7) is 15.2. The summed E-state index contributed by atoms with van der Waals surface area (Å²) in [5.74, 6) is 0. The Morgan fingerprint density at radius 1 is 0.618 bits per heavy atom. The lowest BCUT2D eigenvalue weighted by Crippen LogP contribution is -2.33. The lowest BCUT2D eigenvalue weighted by Gasteiger charge is -2.28. The average Bonchev–Trinajstić information content (AvgIpc) is 2.76. The van der Waals surface area contributed by atoms with Crippen LogP contribution in [-0.4, -0.2) is 35.7 Å². The molecule has 0 aromatic heterocycles. The largest absolute Gasteiger partial charge is 0.540 e. The Labute approximate surface area is 207 Å². The maximum atomic E-state index is 11.9. The topological polar surface area (TPSA) is 89.5 Å². The summed E-state index contributed by atoms with van der Waals surface area (Å²) in [5.41, 5.74) is -1.56. The highest BCUT2D eigenvalue weighted by atomic mass is 17.2. The van der Waals surface area contributed by atoms with Gasteiger partial charge in [-0.15, -0.1) is 0 Å². The highest BCUT2D eigenvalue weighted by Crippen LogP contribution is 2.26. The highest BCUT2D eigenvalue weighted by Gasteiger charge is 2.30. The Hall–Kier alpha value is -1.54. The fourth-order valence-electron chi connectivity index (χ4n) is 3.18. The van der Waals surface area contributed by atoms with E-state index in [0.717, 1.165) is 51.4 Å². The summed E-state index contributed by atoms with van der Waals surface area (Å²) in [5, 5.41) is 0. The molecule has 8 nitrogen and oxygen atoms in total. The molecule has 2 unspecified atom stereocenters. The fourth-order valence-corrected chi connectivity index (χ4v) is 3.18. The Bertz CT molecular complexity index is 499. The van der Waals surface area contributed by atoms with Gasteiger partial charge in [-0.1, -0.05) is 52.4 Å². The third-order valence-electron chi connectivity index (χ3n) is 5.52. The van der Waals surface area contributed by atoms with Crippen LogP contribution in [0.1, 0.15) is 132 Å². The number of carbonyl (C=O) groups excluding carboxylic acids is 2. The number of carbonyl (C=O) groups is 2. The predicted octanol–water partition coefficient (Wildman–Crippen LogP) is 8.21. The van der Waals surface area contributed by atoms with Crippen molar-refractivity contribution in [3.05, 3.63) is 0 Å². The minimum atomic E-state index is -0.846. The molecule has 0 saturated heterocycles. The van der Waals surface area contributed by atoms with Gasteiger partial charge in [0.2, 0.25) is 0 Å². The van der Waals surface area contributed by atoms with Crippen LogP contribution in [0.5, 0.6) is 0 Å². The zero-order chi connectivity index (χ0) is 26.0. The van der Waals surface area contributed by atoms with E-state index >= 15 is 0 Å². The Morgan fingerprint density at radius 2 is 0.971 bits per heavy atom. The van der Waals surface area contributed by atoms with E-state index in [-0.39, 0.29) is 12.2 Å². The molecule has 0 N–H and O–H groups in total. The van der Waals surface area contributed by atoms with Gasteiger partial charge in [-0.3, -0.25) is 9.78 Å². The molecule has 0 rings (SSSR count). The van der Waals surface area contributed by atoms with Crippen LogP contribution >= 0.6 is 0 Å². The molecule has 0 aliphatic carbocycles. The van der Waals surface area contributed by atoms with E-state index in [1.165, 1.54) is 12.8 Å². The monoisotopic (exact) mass is 490 g/mol. The van der Waals surface area contributed by atoms with E-state index in [4.69, 9.17) is 29.0 Å². The molecule has 0 spiro atoms. The molecule has 0 heterocycles. The van der Waals surface area contributed by atoms with Gasteiger partial charge in [-0.2, -0.15) is 9.78 Å². The van der Waals surface area contributed by atoms with E-state index in [1.54, 1.807) is 27.7 Å². The first-order valence-corrected chi connectivity index (χ1v) is 13.0. The van der Waals surface area contributed by atoms with Gasteiger partial charge in [0.25, 0.3) is 0 Å². The molecule has 0 saturated carbocycles. The van der Waals surface area contributed by atoms with Crippen molar-refractivity contribution in [3.8, 4) is 0 Å². The summed E-state index contributed by atoms with van der Waals surface area (Å²) in [7, 11) is 0. The molecule has 0 aliphatic rings. The number of unbranched alkanes of at least 4 members (excludes halogenated alkanes) is 6. The Kier molecular flexibility index (Phi) is 17.0. The molecule has 2 atom stereocenters. The zero-order valence-electron chi connectivity index (χ0n) is 22.9.